The van der Waals surface area contributed by atoms with Crippen molar-refractivity contribution in [1.29, 1.82) is 0 Å². The molecule has 2 N–H and O–H groups in total. The molecule has 0 aliphatic rings. The van der Waals surface area contributed by atoms with Crippen LogP contribution in [0.1, 0.15) is 32.6 Å². The number of hydrogen-bond donors (Lipinski definition) is 2. The van der Waals surface area contributed by atoms with Gasteiger partial charge in [0.15, 0.2) is 5.78 Å². The highest BCUT2D eigenvalue weighted by molar-refractivity contribution is 6.12. The van der Waals surface area contributed by atoms with Crippen LogP contribution in [0.5, 0.6) is 11.5 Å². The zero-order chi connectivity index (χ0) is 32.1. The summed E-state index contributed by atoms with van der Waals surface area (Å²) in [7, 11) is 3.03. The molecule has 1 unspecified atom stereocenters. The van der Waals surface area contributed by atoms with Gasteiger partial charge in [0.2, 0.25) is 0 Å². The van der Waals surface area contributed by atoms with Gasteiger partial charge in [-0.3, -0.25) is 4.79 Å². The lowest BCUT2D eigenvalue weighted by atomic mass is 10.00. The van der Waals surface area contributed by atoms with Gasteiger partial charge in [-0.2, -0.15) is 0 Å². The van der Waals surface area contributed by atoms with Gasteiger partial charge >= 0.3 is 5.97 Å². The molecule has 5 aromatic carbocycles. The number of ketones is 1. The summed E-state index contributed by atoms with van der Waals surface area (Å²) >= 11 is 0. The van der Waals surface area contributed by atoms with Crippen LogP contribution in [0.3, 0.4) is 0 Å². The lowest BCUT2D eigenvalue weighted by molar-refractivity contribution is -0.141. The molecule has 7 nitrogen and oxygen atoms in total. The molecule has 0 aromatic heterocycles. The predicted molar refractivity (Wildman–Crippen MR) is 182 cm³/mol. The van der Waals surface area contributed by atoms with E-state index in [-0.39, 0.29) is 5.78 Å². The van der Waals surface area contributed by atoms with E-state index in [1.807, 2.05) is 78.9 Å². The largest absolute Gasteiger partial charge is 0.497 e. The van der Waals surface area contributed by atoms with Crippen molar-refractivity contribution in [2.75, 3.05) is 38.0 Å². The molecule has 0 radical (unpaired) electrons. The van der Waals surface area contributed by atoms with Crippen LogP contribution < -0.4 is 20.1 Å². The molecule has 0 spiro atoms. The summed E-state index contributed by atoms with van der Waals surface area (Å²) in [6.07, 6.45) is 1.18. The summed E-state index contributed by atoms with van der Waals surface area (Å²) in [5, 5.41) is 6.75. The van der Waals surface area contributed by atoms with E-state index in [0.29, 0.717) is 36.4 Å². The Morgan fingerprint density at radius 3 is 2.02 bits per heavy atom. The molecule has 0 aliphatic heterocycles. The Bertz CT molecular complexity index is 1720. The van der Waals surface area contributed by atoms with Gasteiger partial charge in [-0.05, 0) is 65.6 Å². The third-order valence-corrected chi connectivity index (χ3v) is 7.64. The summed E-state index contributed by atoms with van der Waals surface area (Å²) in [4.78, 5) is 26.0. The van der Waals surface area contributed by atoms with Gasteiger partial charge in [-0.1, -0.05) is 84.9 Å². The summed E-state index contributed by atoms with van der Waals surface area (Å²) in [6.45, 7) is 1.12. The first kappa shape index (κ1) is 31.9. The maximum Gasteiger partial charge on any atom is 0.328 e. The Balaban J connectivity index is 1.16. The van der Waals surface area contributed by atoms with Gasteiger partial charge < -0.3 is 24.8 Å². The fourth-order valence-corrected chi connectivity index (χ4v) is 5.20. The minimum atomic E-state index is -0.691. The molecule has 5 rings (SSSR count). The van der Waals surface area contributed by atoms with Gasteiger partial charge in [0, 0.05) is 35.5 Å². The highest BCUT2D eigenvalue weighted by atomic mass is 16.5. The van der Waals surface area contributed by atoms with Crippen LogP contribution >= 0.6 is 0 Å². The van der Waals surface area contributed by atoms with E-state index in [2.05, 4.69) is 34.9 Å². The number of carbonyl (C=O) groups is 2. The Kier molecular flexibility index (Phi) is 11.0. The number of methoxy groups -OCH3 is 2. The number of hydrogen-bond acceptors (Lipinski definition) is 7. The van der Waals surface area contributed by atoms with Crippen molar-refractivity contribution in [2.24, 2.45) is 0 Å². The zero-order valence-corrected chi connectivity index (χ0v) is 26.1. The van der Waals surface area contributed by atoms with Crippen LogP contribution in [0.4, 0.5) is 11.4 Å². The molecule has 0 amide bonds. The SMILES string of the molecule is COC(=O)C(Cc1ccc(OCCNc2ccccc2Cc2ccc(OC)cc2)cc1)Nc1ccccc1C(=O)c1ccccc1. The average molecular weight is 615 g/mol. The normalized spacial score (nSPS) is 11.3. The summed E-state index contributed by atoms with van der Waals surface area (Å²) < 4.78 is 16.4. The number of nitrogens with one attached hydrogen (secondary N) is 2. The molecule has 0 saturated heterocycles. The van der Waals surface area contributed by atoms with Gasteiger partial charge in [-0.25, -0.2) is 4.79 Å². The van der Waals surface area contributed by atoms with Crippen molar-refractivity contribution < 1.29 is 23.8 Å². The predicted octanol–water partition coefficient (Wildman–Crippen LogP) is 7.20. The molecular formula is C39H38N2O5. The second-order valence-electron chi connectivity index (χ2n) is 10.8. The lowest BCUT2D eigenvalue weighted by Gasteiger charge is -2.20. The van der Waals surface area contributed by atoms with Gasteiger partial charge in [0.05, 0.1) is 14.2 Å². The number of esters is 1. The zero-order valence-electron chi connectivity index (χ0n) is 26.1. The number of para-hydroxylation sites is 2. The maximum atomic E-state index is 13.2. The highest BCUT2D eigenvalue weighted by Gasteiger charge is 2.22. The molecule has 5 aromatic rings. The first-order chi connectivity index (χ1) is 22.5. The standard InChI is InChI=1S/C39H38N2O5/c1-44-32-20-16-28(17-21-32)26-31-12-6-8-14-35(31)40-24-25-46-33-22-18-29(19-23-33)27-37(39(43)45-2)41-36-15-9-7-13-34(36)38(42)30-10-4-3-5-11-30/h3-23,37,40-41H,24-27H2,1-2H3. The molecule has 0 fully saturated rings. The quantitative estimate of drug-likeness (QED) is 0.0733. The molecule has 234 valence electrons. The molecule has 1 atom stereocenters. The topological polar surface area (TPSA) is 85.9 Å². The minimum absolute atomic E-state index is 0.121. The van der Waals surface area contributed by atoms with Crippen molar-refractivity contribution in [3.63, 3.8) is 0 Å². The van der Waals surface area contributed by atoms with Crippen LogP contribution in [-0.4, -0.2) is 45.2 Å². The molecular weight excluding hydrogens is 576 g/mol. The maximum absolute atomic E-state index is 13.2. The Hall–Kier alpha value is -5.56. The number of benzene rings is 5. The molecule has 0 bridgehead atoms. The number of ether oxygens (including phenoxy) is 3. The van der Waals surface area contributed by atoms with Gasteiger partial charge in [-0.15, -0.1) is 0 Å². The molecule has 0 saturated carbocycles. The molecule has 46 heavy (non-hydrogen) atoms. The first-order valence-corrected chi connectivity index (χ1v) is 15.2. The molecule has 0 heterocycles. The van der Waals surface area contributed by atoms with Crippen molar-refractivity contribution >= 4 is 23.1 Å². The van der Waals surface area contributed by atoms with Crippen LogP contribution in [-0.2, 0) is 22.4 Å². The Morgan fingerprint density at radius 1 is 0.674 bits per heavy atom. The fourth-order valence-electron chi connectivity index (χ4n) is 5.20. The fraction of sp³-hybridized carbons (Fsp3) is 0.179. The monoisotopic (exact) mass is 614 g/mol. The lowest BCUT2D eigenvalue weighted by Crippen LogP contribution is -2.33. The van der Waals surface area contributed by atoms with E-state index < -0.39 is 12.0 Å². The van der Waals surface area contributed by atoms with E-state index in [4.69, 9.17) is 14.2 Å². The van der Waals surface area contributed by atoms with E-state index in [1.165, 1.54) is 18.2 Å². The third-order valence-electron chi connectivity index (χ3n) is 7.64. The Morgan fingerprint density at radius 2 is 1.30 bits per heavy atom. The number of rotatable bonds is 15. The van der Waals surface area contributed by atoms with Crippen molar-refractivity contribution in [3.05, 3.63) is 155 Å². The minimum Gasteiger partial charge on any atom is -0.497 e. The number of anilines is 2. The van der Waals surface area contributed by atoms with Crippen LogP contribution in [0.25, 0.3) is 0 Å². The van der Waals surface area contributed by atoms with Crippen LogP contribution in [0.15, 0.2) is 127 Å². The van der Waals surface area contributed by atoms with Crippen molar-refractivity contribution in [2.45, 2.75) is 18.9 Å². The second-order valence-corrected chi connectivity index (χ2v) is 10.8. The first-order valence-electron chi connectivity index (χ1n) is 15.2. The molecule has 7 heteroatoms. The highest BCUT2D eigenvalue weighted by Crippen LogP contribution is 2.23. The van der Waals surface area contributed by atoms with Crippen molar-refractivity contribution in [1.82, 2.24) is 0 Å². The van der Waals surface area contributed by atoms with E-state index in [1.54, 1.807) is 31.4 Å². The summed E-state index contributed by atoms with van der Waals surface area (Å²) in [5.41, 5.74) is 6.06. The van der Waals surface area contributed by atoms with Crippen molar-refractivity contribution in [3.8, 4) is 11.5 Å². The van der Waals surface area contributed by atoms with Gasteiger partial charge in [0.1, 0.15) is 24.1 Å². The van der Waals surface area contributed by atoms with E-state index >= 15 is 0 Å². The smallest absolute Gasteiger partial charge is 0.328 e. The number of carbonyl (C=O) groups excluding carboxylic acids is 2. The summed E-state index contributed by atoms with van der Waals surface area (Å²) in [6, 6.07) is 39.6. The third kappa shape index (κ3) is 8.54. The average Bonchev–Trinajstić information content (AvgIpc) is 3.11. The van der Waals surface area contributed by atoms with E-state index in [0.717, 1.165) is 29.2 Å². The van der Waals surface area contributed by atoms with Crippen LogP contribution in [0.2, 0.25) is 0 Å². The summed E-state index contributed by atoms with van der Waals surface area (Å²) in [5.74, 6) is 1.04. The molecule has 0 aliphatic carbocycles. The second kappa shape index (κ2) is 16.0. The van der Waals surface area contributed by atoms with E-state index in [9.17, 15) is 9.59 Å². The van der Waals surface area contributed by atoms with Crippen LogP contribution in [0, 0.1) is 0 Å². The Labute approximate surface area is 270 Å². The van der Waals surface area contributed by atoms with Gasteiger partial charge in [0.25, 0.3) is 0 Å².